The lowest BCUT2D eigenvalue weighted by Crippen LogP contribution is -2.27. The van der Waals surface area contributed by atoms with Crippen molar-refractivity contribution < 1.29 is 9.18 Å². The maximum atomic E-state index is 13.2. The van der Waals surface area contributed by atoms with Crippen LogP contribution in [0.15, 0.2) is 53.8 Å². The van der Waals surface area contributed by atoms with Crippen LogP contribution in [0.1, 0.15) is 5.56 Å². The molecule has 3 aromatic rings. The number of halogens is 1. The molecule has 0 aliphatic rings. The summed E-state index contributed by atoms with van der Waals surface area (Å²) < 4.78 is 15.0. The summed E-state index contributed by atoms with van der Waals surface area (Å²) in [6.07, 6.45) is 1.86. The van der Waals surface area contributed by atoms with Gasteiger partial charge >= 0.3 is 0 Å². The summed E-state index contributed by atoms with van der Waals surface area (Å²) in [6, 6.07) is 11.9. The molecule has 0 N–H and O–H groups in total. The van der Waals surface area contributed by atoms with E-state index in [-0.39, 0.29) is 17.5 Å². The Kier molecular flexibility index (Phi) is 4.57. The van der Waals surface area contributed by atoms with Gasteiger partial charge in [-0.2, -0.15) is 0 Å². The number of pyridine rings is 1. The average Bonchev–Trinajstić information content (AvgIpc) is 2.96. The molecule has 2 heterocycles. The Labute approximate surface area is 137 Å². The quantitative estimate of drug-likeness (QED) is 0.675. The van der Waals surface area contributed by atoms with E-state index in [0.717, 1.165) is 11.2 Å². The second kappa shape index (κ2) is 6.78. The van der Waals surface area contributed by atoms with Crippen LogP contribution in [0.25, 0.3) is 5.65 Å². The van der Waals surface area contributed by atoms with Crippen molar-refractivity contribution >= 4 is 23.3 Å². The molecule has 0 radical (unpaired) electrons. The van der Waals surface area contributed by atoms with Gasteiger partial charge in [-0.15, -0.1) is 10.2 Å². The molecule has 2 aromatic heterocycles. The number of aromatic nitrogens is 3. The van der Waals surface area contributed by atoms with Gasteiger partial charge in [0.05, 0.1) is 5.75 Å². The monoisotopic (exact) mass is 330 g/mol. The van der Waals surface area contributed by atoms with Crippen molar-refractivity contribution in [1.29, 1.82) is 0 Å². The molecule has 0 fully saturated rings. The number of thioether (sulfide) groups is 1. The first-order valence-electron chi connectivity index (χ1n) is 7.04. The minimum Gasteiger partial charge on any atom is -0.341 e. The molecular formula is C16H15FN4OS. The van der Waals surface area contributed by atoms with E-state index < -0.39 is 0 Å². The van der Waals surface area contributed by atoms with Gasteiger partial charge in [-0.25, -0.2) is 4.39 Å². The minimum absolute atomic E-state index is 0.0491. The van der Waals surface area contributed by atoms with Crippen molar-refractivity contribution in [1.82, 2.24) is 19.5 Å². The highest BCUT2D eigenvalue weighted by molar-refractivity contribution is 7.99. The summed E-state index contributed by atoms with van der Waals surface area (Å²) in [4.78, 5) is 13.8. The van der Waals surface area contributed by atoms with E-state index in [4.69, 9.17) is 0 Å². The lowest BCUT2D eigenvalue weighted by Gasteiger charge is -2.16. The first-order valence-corrected chi connectivity index (χ1v) is 8.03. The number of carbonyl (C=O) groups excluding carboxylic acids is 1. The number of fused-ring (bicyclic) bond motifs is 1. The zero-order valence-electron chi connectivity index (χ0n) is 12.5. The molecule has 0 spiro atoms. The maximum Gasteiger partial charge on any atom is 0.233 e. The number of amides is 1. The number of benzene rings is 1. The Balaban J connectivity index is 1.60. The first-order chi connectivity index (χ1) is 11.1. The Morgan fingerprint density at radius 2 is 2.13 bits per heavy atom. The topological polar surface area (TPSA) is 50.5 Å². The third-order valence-electron chi connectivity index (χ3n) is 3.34. The molecule has 7 heteroatoms. The van der Waals surface area contributed by atoms with Gasteiger partial charge in [0.15, 0.2) is 10.8 Å². The average molecular weight is 330 g/mol. The van der Waals surface area contributed by atoms with Crippen LogP contribution >= 0.6 is 11.8 Å². The van der Waals surface area contributed by atoms with Crippen molar-refractivity contribution in [3.8, 4) is 0 Å². The van der Waals surface area contributed by atoms with Crippen LogP contribution in [0.5, 0.6) is 0 Å². The molecule has 5 nitrogen and oxygen atoms in total. The predicted octanol–water partition coefficient (Wildman–Crippen LogP) is 2.62. The fourth-order valence-electron chi connectivity index (χ4n) is 2.15. The highest BCUT2D eigenvalue weighted by atomic mass is 32.2. The molecule has 3 rings (SSSR count). The summed E-state index contributed by atoms with van der Waals surface area (Å²) in [5.41, 5.74) is 1.51. The number of rotatable bonds is 5. The van der Waals surface area contributed by atoms with Crippen molar-refractivity contribution in [2.75, 3.05) is 12.8 Å². The lowest BCUT2D eigenvalue weighted by molar-refractivity contribution is -0.127. The number of nitrogens with zero attached hydrogens (tertiary/aromatic N) is 4. The molecule has 0 saturated carbocycles. The normalized spacial score (nSPS) is 10.9. The Bertz CT molecular complexity index is 836. The van der Waals surface area contributed by atoms with Crippen molar-refractivity contribution in [3.63, 3.8) is 0 Å². The fourth-order valence-corrected chi connectivity index (χ4v) is 3.02. The summed E-state index contributed by atoms with van der Waals surface area (Å²) >= 11 is 1.33. The van der Waals surface area contributed by atoms with Crippen LogP contribution in [0.2, 0.25) is 0 Å². The Hall–Kier alpha value is -2.41. The van der Waals surface area contributed by atoms with E-state index in [9.17, 15) is 9.18 Å². The molecule has 118 valence electrons. The maximum absolute atomic E-state index is 13.2. The van der Waals surface area contributed by atoms with E-state index in [2.05, 4.69) is 10.2 Å². The zero-order chi connectivity index (χ0) is 16.2. The van der Waals surface area contributed by atoms with Gasteiger partial charge in [0.25, 0.3) is 0 Å². The van der Waals surface area contributed by atoms with Crippen LogP contribution in [0, 0.1) is 5.82 Å². The zero-order valence-corrected chi connectivity index (χ0v) is 13.3. The molecule has 23 heavy (non-hydrogen) atoms. The van der Waals surface area contributed by atoms with Gasteiger partial charge in [0.2, 0.25) is 5.91 Å². The summed E-state index contributed by atoms with van der Waals surface area (Å²) in [6.45, 7) is 0.373. The number of carbonyl (C=O) groups is 1. The summed E-state index contributed by atoms with van der Waals surface area (Å²) in [7, 11) is 1.70. The summed E-state index contributed by atoms with van der Waals surface area (Å²) in [5, 5.41) is 8.80. The third kappa shape index (κ3) is 3.68. The van der Waals surface area contributed by atoms with E-state index >= 15 is 0 Å². The van der Waals surface area contributed by atoms with Gasteiger partial charge in [-0.1, -0.05) is 30.0 Å². The highest BCUT2D eigenvalue weighted by Crippen LogP contribution is 2.17. The molecule has 0 atom stereocenters. The number of hydrogen-bond acceptors (Lipinski definition) is 4. The standard InChI is InChI=1S/C16H15FN4OS/c1-20(10-12-5-4-6-13(17)9-12)15(22)11-23-16-19-18-14-7-2-3-8-21(14)16/h2-9H,10-11H2,1H3. The van der Waals surface area contributed by atoms with Crippen molar-refractivity contribution in [2.45, 2.75) is 11.7 Å². The molecule has 0 unspecified atom stereocenters. The van der Waals surface area contributed by atoms with E-state index in [1.807, 2.05) is 28.8 Å². The molecule has 0 aliphatic heterocycles. The summed E-state index contributed by atoms with van der Waals surface area (Å²) in [5.74, 6) is -0.0961. The largest absolute Gasteiger partial charge is 0.341 e. The van der Waals surface area contributed by atoms with Gasteiger partial charge in [0, 0.05) is 19.8 Å². The fraction of sp³-hybridized carbons (Fsp3) is 0.188. The smallest absolute Gasteiger partial charge is 0.233 e. The Morgan fingerprint density at radius 1 is 1.26 bits per heavy atom. The molecule has 1 amide bonds. The molecule has 0 saturated heterocycles. The lowest BCUT2D eigenvalue weighted by atomic mass is 10.2. The van der Waals surface area contributed by atoms with Gasteiger partial charge in [-0.05, 0) is 29.8 Å². The van der Waals surface area contributed by atoms with Gasteiger partial charge in [0.1, 0.15) is 5.82 Å². The molecular weight excluding hydrogens is 315 g/mol. The van der Waals surface area contributed by atoms with Crippen LogP contribution in [-0.4, -0.2) is 38.2 Å². The predicted molar refractivity (Wildman–Crippen MR) is 86.6 cm³/mol. The van der Waals surface area contributed by atoms with Crippen LogP contribution in [0.4, 0.5) is 4.39 Å². The van der Waals surface area contributed by atoms with Crippen LogP contribution < -0.4 is 0 Å². The number of hydrogen-bond donors (Lipinski definition) is 0. The molecule has 0 aliphatic carbocycles. The third-order valence-corrected chi connectivity index (χ3v) is 4.27. The van der Waals surface area contributed by atoms with Crippen molar-refractivity contribution in [2.24, 2.45) is 0 Å². The second-order valence-corrected chi connectivity index (χ2v) is 6.02. The van der Waals surface area contributed by atoms with Crippen LogP contribution in [0.3, 0.4) is 0 Å². The van der Waals surface area contributed by atoms with Gasteiger partial charge in [-0.3, -0.25) is 9.20 Å². The molecule has 1 aromatic carbocycles. The first kappa shape index (κ1) is 15.5. The van der Waals surface area contributed by atoms with Gasteiger partial charge < -0.3 is 4.90 Å². The highest BCUT2D eigenvalue weighted by Gasteiger charge is 2.13. The van der Waals surface area contributed by atoms with Crippen LogP contribution in [-0.2, 0) is 11.3 Å². The van der Waals surface area contributed by atoms with E-state index in [0.29, 0.717) is 11.7 Å². The molecule has 0 bridgehead atoms. The Morgan fingerprint density at radius 3 is 2.96 bits per heavy atom. The second-order valence-electron chi connectivity index (χ2n) is 5.08. The minimum atomic E-state index is -0.298. The SMILES string of the molecule is CN(Cc1cccc(F)c1)C(=O)CSc1nnc2ccccn12. The van der Waals surface area contributed by atoms with Crippen molar-refractivity contribution in [3.05, 3.63) is 60.0 Å². The van der Waals surface area contributed by atoms with E-state index in [1.54, 1.807) is 24.1 Å². The van der Waals surface area contributed by atoms with E-state index in [1.165, 1.54) is 23.9 Å².